The minimum Gasteiger partial charge on any atom is -0.376 e. The van der Waals surface area contributed by atoms with Gasteiger partial charge in [0.1, 0.15) is 0 Å². The van der Waals surface area contributed by atoms with Crippen molar-refractivity contribution in [2.24, 2.45) is 5.73 Å². The molecule has 0 aliphatic rings. The maximum Gasteiger partial charge on any atom is 0.175 e. The van der Waals surface area contributed by atoms with Crippen molar-refractivity contribution in [2.45, 2.75) is 18.7 Å². The zero-order valence-corrected chi connectivity index (χ0v) is 11.0. The van der Waals surface area contributed by atoms with Gasteiger partial charge in [0.05, 0.1) is 4.90 Å². The first-order valence-corrected chi connectivity index (χ1v) is 6.89. The van der Waals surface area contributed by atoms with E-state index in [1.807, 2.05) is 6.92 Å². The van der Waals surface area contributed by atoms with E-state index in [-0.39, 0.29) is 10.0 Å². The predicted octanol–water partition coefficient (Wildman–Crippen LogP) is 1.36. The van der Waals surface area contributed by atoms with Gasteiger partial charge < -0.3 is 11.1 Å². The minimum atomic E-state index is -3.23. The number of aryl methyl sites for hydroxylation is 2. The number of rotatable bonds is 2. The van der Waals surface area contributed by atoms with E-state index >= 15 is 0 Å². The van der Waals surface area contributed by atoms with Crippen molar-refractivity contribution in [3.05, 3.63) is 23.3 Å². The molecule has 4 nitrogen and oxygen atoms in total. The molecule has 1 aromatic carbocycles. The van der Waals surface area contributed by atoms with Crippen LogP contribution in [-0.4, -0.2) is 19.8 Å². The molecular weight excluding hydrogens is 244 g/mol. The molecule has 0 amide bonds. The highest BCUT2D eigenvalue weighted by atomic mass is 32.2. The van der Waals surface area contributed by atoms with Gasteiger partial charge in [0.2, 0.25) is 0 Å². The number of hydrogen-bond acceptors (Lipinski definition) is 3. The SMILES string of the molecule is Cc1cc(C)c(S(C)(=O)=O)cc1NC(N)=S. The molecule has 0 saturated heterocycles. The third-order valence-electron chi connectivity index (χ3n) is 2.18. The summed E-state index contributed by atoms with van der Waals surface area (Å²) in [7, 11) is -3.23. The molecule has 88 valence electrons. The number of thiocarbonyl (C=S) groups is 1. The van der Waals surface area contributed by atoms with E-state index in [0.717, 1.165) is 5.56 Å². The number of sulfone groups is 1. The Bertz CT molecular complexity index is 536. The smallest absolute Gasteiger partial charge is 0.175 e. The molecular formula is C10H14N2O2S2. The molecule has 1 aromatic rings. The molecule has 0 spiro atoms. The van der Waals surface area contributed by atoms with E-state index < -0.39 is 9.84 Å². The summed E-state index contributed by atoms with van der Waals surface area (Å²) in [5, 5.41) is 2.87. The molecule has 0 aliphatic carbocycles. The molecule has 6 heteroatoms. The number of anilines is 1. The van der Waals surface area contributed by atoms with E-state index in [1.165, 1.54) is 6.26 Å². The van der Waals surface area contributed by atoms with Gasteiger partial charge in [-0.15, -0.1) is 0 Å². The zero-order valence-electron chi connectivity index (χ0n) is 9.37. The molecule has 0 bridgehead atoms. The van der Waals surface area contributed by atoms with Crippen LogP contribution in [0.3, 0.4) is 0 Å². The van der Waals surface area contributed by atoms with Gasteiger partial charge in [-0.25, -0.2) is 8.42 Å². The molecule has 0 aromatic heterocycles. The Hall–Kier alpha value is -1.14. The van der Waals surface area contributed by atoms with Crippen LogP contribution >= 0.6 is 12.2 Å². The lowest BCUT2D eigenvalue weighted by molar-refractivity contribution is 0.601. The lowest BCUT2D eigenvalue weighted by Crippen LogP contribution is -2.20. The van der Waals surface area contributed by atoms with Crippen LogP contribution in [0.4, 0.5) is 5.69 Å². The van der Waals surface area contributed by atoms with Crippen molar-refractivity contribution >= 4 is 32.9 Å². The summed E-state index contributed by atoms with van der Waals surface area (Å²) in [6.45, 7) is 3.62. The van der Waals surface area contributed by atoms with Crippen molar-refractivity contribution in [1.29, 1.82) is 0 Å². The van der Waals surface area contributed by atoms with Crippen molar-refractivity contribution in [1.82, 2.24) is 0 Å². The van der Waals surface area contributed by atoms with Crippen molar-refractivity contribution in [2.75, 3.05) is 11.6 Å². The van der Waals surface area contributed by atoms with Crippen LogP contribution in [0.2, 0.25) is 0 Å². The lowest BCUT2D eigenvalue weighted by Gasteiger charge is -2.12. The highest BCUT2D eigenvalue weighted by molar-refractivity contribution is 7.90. The molecule has 0 heterocycles. The number of nitrogens with two attached hydrogens (primary N) is 1. The largest absolute Gasteiger partial charge is 0.376 e. The Labute approximate surface area is 101 Å². The summed E-state index contributed by atoms with van der Waals surface area (Å²) in [5.74, 6) is 0. The maximum atomic E-state index is 11.5. The number of nitrogens with one attached hydrogen (secondary N) is 1. The minimum absolute atomic E-state index is 0.117. The van der Waals surface area contributed by atoms with Crippen LogP contribution in [0.15, 0.2) is 17.0 Å². The third kappa shape index (κ3) is 2.93. The maximum absolute atomic E-state index is 11.5. The topological polar surface area (TPSA) is 72.2 Å². The molecule has 0 unspecified atom stereocenters. The first-order chi connectivity index (χ1) is 7.21. The van der Waals surface area contributed by atoms with Crippen molar-refractivity contribution < 1.29 is 8.42 Å². The molecule has 0 atom stereocenters. The van der Waals surface area contributed by atoms with Crippen LogP contribution in [0.5, 0.6) is 0 Å². The second-order valence-corrected chi connectivity index (χ2v) is 6.12. The van der Waals surface area contributed by atoms with E-state index in [4.69, 9.17) is 18.0 Å². The standard InChI is InChI=1S/C10H14N2O2S2/c1-6-4-7(2)9(16(3,13)14)5-8(6)12-10(11)15/h4-5H,1-3H3,(H3,11,12,15). The fourth-order valence-corrected chi connectivity index (χ4v) is 2.58. The van der Waals surface area contributed by atoms with Gasteiger partial charge >= 0.3 is 0 Å². The zero-order chi connectivity index (χ0) is 12.5. The van der Waals surface area contributed by atoms with Crippen LogP contribution in [0, 0.1) is 13.8 Å². The van der Waals surface area contributed by atoms with Crippen LogP contribution in [-0.2, 0) is 9.84 Å². The lowest BCUT2D eigenvalue weighted by atomic mass is 10.1. The Morgan fingerprint density at radius 1 is 1.31 bits per heavy atom. The summed E-state index contributed by atoms with van der Waals surface area (Å²) in [6, 6.07) is 3.34. The molecule has 1 rings (SSSR count). The van der Waals surface area contributed by atoms with Gasteiger partial charge in [-0.3, -0.25) is 0 Å². The average molecular weight is 258 g/mol. The summed E-state index contributed by atoms with van der Waals surface area (Å²) in [5.41, 5.74) is 7.60. The summed E-state index contributed by atoms with van der Waals surface area (Å²) >= 11 is 4.72. The molecule has 0 fully saturated rings. The summed E-state index contributed by atoms with van der Waals surface area (Å²) in [4.78, 5) is 0.289. The van der Waals surface area contributed by atoms with Crippen LogP contribution < -0.4 is 11.1 Å². The highest BCUT2D eigenvalue weighted by Crippen LogP contribution is 2.24. The van der Waals surface area contributed by atoms with Gasteiger partial charge in [0.25, 0.3) is 0 Å². The average Bonchev–Trinajstić information content (AvgIpc) is 2.06. The highest BCUT2D eigenvalue weighted by Gasteiger charge is 2.13. The van der Waals surface area contributed by atoms with Gasteiger partial charge in [0, 0.05) is 11.9 Å². The fraction of sp³-hybridized carbons (Fsp3) is 0.300. The van der Waals surface area contributed by atoms with Crippen LogP contribution in [0.25, 0.3) is 0 Å². The Morgan fingerprint density at radius 2 is 1.88 bits per heavy atom. The summed E-state index contributed by atoms with van der Waals surface area (Å²) < 4.78 is 23.0. The van der Waals surface area contributed by atoms with E-state index in [0.29, 0.717) is 11.3 Å². The monoisotopic (exact) mass is 258 g/mol. The van der Waals surface area contributed by atoms with Gasteiger partial charge in [-0.2, -0.15) is 0 Å². The number of benzene rings is 1. The molecule has 3 N–H and O–H groups in total. The van der Waals surface area contributed by atoms with E-state index in [9.17, 15) is 8.42 Å². The van der Waals surface area contributed by atoms with Crippen LogP contribution in [0.1, 0.15) is 11.1 Å². The van der Waals surface area contributed by atoms with Crippen molar-refractivity contribution in [3.63, 3.8) is 0 Å². The Morgan fingerprint density at radius 3 is 2.31 bits per heavy atom. The van der Waals surface area contributed by atoms with Gasteiger partial charge in [-0.1, -0.05) is 6.07 Å². The Balaban J connectivity index is 3.38. The second kappa shape index (κ2) is 4.39. The molecule has 0 aliphatic heterocycles. The molecule has 16 heavy (non-hydrogen) atoms. The quantitative estimate of drug-likeness (QED) is 0.784. The first kappa shape index (κ1) is 12.9. The Kier molecular flexibility index (Phi) is 3.54. The third-order valence-corrected chi connectivity index (χ3v) is 3.52. The summed E-state index contributed by atoms with van der Waals surface area (Å²) in [6.07, 6.45) is 1.18. The van der Waals surface area contributed by atoms with Gasteiger partial charge in [0.15, 0.2) is 14.9 Å². The van der Waals surface area contributed by atoms with Crippen molar-refractivity contribution in [3.8, 4) is 0 Å². The molecule has 0 radical (unpaired) electrons. The van der Waals surface area contributed by atoms with E-state index in [1.54, 1.807) is 19.1 Å². The van der Waals surface area contributed by atoms with Gasteiger partial charge in [-0.05, 0) is 43.3 Å². The normalized spacial score (nSPS) is 11.2. The number of hydrogen-bond donors (Lipinski definition) is 2. The second-order valence-electron chi connectivity index (χ2n) is 3.69. The predicted molar refractivity (Wildman–Crippen MR) is 69.4 cm³/mol. The molecule has 0 saturated carbocycles. The van der Waals surface area contributed by atoms with E-state index in [2.05, 4.69) is 5.32 Å². The fourth-order valence-electron chi connectivity index (χ4n) is 1.50. The first-order valence-electron chi connectivity index (χ1n) is 4.59.